The van der Waals surface area contributed by atoms with Crippen LogP contribution in [-0.2, 0) is 4.74 Å². The zero-order chi connectivity index (χ0) is 11.3. The second kappa shape index (κ2) is 6.49. The Morgan fingerprint density at radius 1 is 1.33 bits per heavy atom. The van der Waals surface area contributed by atoms with Gasteiger partial charge in [-0.3, -0.25) is 0 Å². The van der Waals surface area contributed by atoms with Gasteiger partial charge in [-0.2, -0.15) is 0 Å². The molecule has 1 saturated carbocycles. The van der Waals surface area contributed by atoms with Crippen LogP contribution in [0, 0.1) is 11.8 Å². The molecule has 1 N–H and O–H groups in total. The highest BCUT2D eigenvalue weighted by atomic mass is 16.5. The topological polar surface area (TPSA) is 21.3 Å². The summed E-state index contributed by atoms with van der Waals surface area (Å²) in [5.74, 6) is 1.76. The van der Waals surface area contributed by atoms with Gasteiger partial charge in [0.1, 0.15) is 0 Å². The molecule has 1 aliphatic rings. The highest BCUT2D eigenvalue weighted by Gasteiger charge is 2.31. The van der Waals surface area contributed by atoms with E-state index in [1.54, 1.807) is 0 Å². The maximum absolute atomic E-state index is 5.43. The van der Waals surface area contributed by atoms with E-state index >= 15 is 0 Å². The molecule has 2 nitrogen and oxygen atoms in total. The average Bonchev–Trinajstić information content (AvgIpc) is 2.57. The van der Waals surface area contributed by atoms with Gasteiger partial charge in [0.2, 0.25) is 0 Å². The van der Waals surface area contributed by atoms with Crippen molar-refractivity contribution < 1.29 is 4.74 Å². The van der Waals surface area contributed by atoms with E-state index in [0.29, 0.717) is 12.1 Å². The number of hydrogen-bond donors (Lipinski definition) is 1. The Morgan fingerprint density at radius 2 is 2.07 bits per heavy atom. The van der Waals surface area contributed by atoms with Crippen molar-refractivity contribution in [3.63, 3.8) is 0 Å². The number of ether oxygens (including phenoxy) is 1. The lowest BCUT2D eigenvalue weighted by atomic mass is 9.93. The van der Waals surface area contributed by atoms with Gasteiger partial charge in [0.15, 0.2) is 0 Å². The van der Waals surface area contributed by atoms with Gasteiger partial charge in [-0.05, 0) is 38.5 Å². The first kappa shape index (κ1) is 13.0. The van der Waals surface area contributed by atoms with E-state index in [-0.39, 0.29) is 0 Å². The summed E-state index contributed by atoms with van der Waals surface area (Å²) < 4.78 is 5.43. The Bertz CT molecular complexity index is 172. The molecule has 0 aliphatic heterocycles. The minimum Gasteiger partial charge on any atom is -0.380 e. The standard InChI is InChI=1S/C13H27NO/c1-5-12-7-8-13(11(12)4)14-10(3)9-15-6-2/h10-14H,5-9H2,1-4H3. The van der Waals surface area contributed by atoms with Gasteiger partial charge in [0.25, 0.3) is 0 Å². The molecular weight excluding hydrogens is 186 g/mol. The molecule has 0 spiro atoms. The molecule has 0 saturated heterocycles. The predicted molar refractivity (Wildman–Crippen MR) is 65.1 cm³/mol. The Morgan fingerprint density at radius 3 is 2.60 bits per heavy atom. The summed E-state index contributed by atoms with van der Waals surface area (Å²) in [5, 5.41) is 3.70. The quantitative estimate of drug-likeness (QED) is 0.732. The van der Waals surface area contributed by atoms with Gasteiger partial charge < -0.3 is 10.1 Å². The van der Waals surface area contributed by atoms with Crippen LogP contribution in [0.2, 0.25) is 0 Å². The van der Waals surface area contributed by atoms with E-state index in [9.17, 15) is 0 Å². The van der Waals surface area contributed by atoms with Crippen LogP contribution in [-0.4, -0.2) is 25.3 Å². The van der Waals surface area contributed by atoms with Gasteiger partial charge in [-0.1, -0.05) is 20.3 Å². The van der Waals surface area contributed by atoms with E-state index in [1.807, 2.05) is 0 Å². The molecule has 0 bridgehead atoms. The summed E-state index contributed by atoms with van der Waals surface area (Å²) in [5.41, 5.74) is 0. The maximum atomic E-state index is 5.43. The van der Waals surface area contributed by atoms with Crippen LogP contribution in [0.5, 0.6) is 0 Å². The highest BCUT2D eigenvalue weighted by Crippen LogP contribution is 2.33. The third-order valence-electron chi connectivity index (χ3n) is 3.82. The molecule has 0 heterocycles. The van der Waals surface area contributed by atoms with Crippen molar-refractivity contribution in [3.8, 4) is 0 Å². The molecule has 0 amide bonds. The minimum absolute atomic E-state index is 0.494. The van der Waals surface area contributed by atoms with E-state index in [1.165, 1.54) is 19.3 Å². The summed E-state index contributed by atoms with van der Waals surface area (Å²) in [4.78, 5) is 0. The molecule has 4 atom stereocenters. The monoisotopic (exact) mass is 213 g/mol. The molecule has 90 valence electrons. The van der Waals surface area contributed by atoms with E-state index in [2.05, 4.69) is 33.0 Å². The third-order valence-corrected chi connectivity index (χ3v) is 3.82. The fourth-order valence-electron chi connectivity index (χ4n) is 2.77. The molecule has 4 unspecified atom stereocenters. The van der Waals surface area contributed by atoms with Crippen molar-refractivity contribution >= 4 is 0 Å². The lowest BCUT2D eigenvalue weighted by Crippen LogP contribution is -2.41. The largest absolute Gasteiger partial charge is 0.380 e. The van der Waals surface area contributed by atoms with Crippen LogP contribution in [0.3, 0.4) is 0 Å². The second-order valence-electron chi connectivity index (χ2n) is 4.94. The summed E-state index contributed by atoms with van der Waals surface area (Å²) in [7, 11) is 0. The van der Waals surface area contributed by atoms with Crippen molar-refractivity contribution in [1.82, 2.24) is 5.32 Å². The molecule has 1 rings (SSSR count). The fourth-order valence-corrected chi connectivity index (χ4v) is 2.77. The predicted octanol–water partition coefficient (Wildman–Crippen LogP) is 2.83. The zero-order valence-corrected chi connectivity index (χ0v) is 10.8. The maximum Gasteiger partial charge on any atom is 0.0616 e. The number of hydrogen-bond acceptors (Lipinski definition) is 2. The van der Waals surface area contributed by atoms with Crippen molar-refractivity contribution in [1.29, 1.82) is 0 Å². The second-order valence-corrected chi connectivity index (χ2v) is 4.94. The zero-order valence-electron chi connectivity index (χ0n) is 10.8. The SMILES string of the molecule is CCOCC(C)NC1CCC(CC)C1C. The molecule has 1 aliphatic carbocycles. The fraction of sp³-hybridized carbons (Fsp3) is 1.00. The van der Waals surface area contributed by atoms with E-state index < -0.39 is 0 Å². The third kappa shape index (κ3) is 3.76. The normalized spacial score (nSPS) is 33.2. The Kier molecular flexibility index (Phi) is 5.62. The van der Waals surface area contributed by atoms with Gasteiger partial charge in [-0.15, -0.1) is 0 Å². The Balaban J connectivity index is 2.26. The molecule has 15 heavy (non-hydrogen) atoms. The lowest BCUT2D eigenvalue weighted by molar-refractivity contribution is 0.120. The first-order chi connectivity index (χ1) is 7.19. The van der Waals surface area contributed by atoms with Gasteiger partial charge in [0, 0.05) is 18.7 Å². The molecule has 0 radical (unpaired) electrons. The summed E-state index contributed by atoms with van der Waals surface area (Å²) in [6, 6.07) is 1.21. The number of rotatable bonds is 6. The molecule has 0 aromatic heterocycles. The van der Waals surface area contributed by atoms with Gasteiger partial charge in [0.05, 0.1) is 6.61 Å². The van der Waals surface area contributed by atoms with E-state index in [0.717, 1.165) is 25.0 Å². The van der Waals surface area contributed by atoms with Crippen molar-refractivity contribution in [2.75, 3.05) is 13.2 Å². The van der Waals surface area contributed by atoms with Crippen LogP contribution in [0.4, 0.5) is 0 Å². The summed E-state index contributed by atoms with van der Waals surface area (Å²) in [6.45, 7) is 10.7. The van der Waals surface area contributed by atoms with E-state index in [4.69, 9.17) is 4.74 Å². The van der Waals surface area contributed by atoms with Gasteiger partial charge >= 0.3 is 0 Å². The first-order valence-corrected chi connectivity index (χ1v) is 6.52. The van der Waals surface area contributed by atoms with Crippen LogP contribution in [0.25, 0.3) is 0 Å². The molecule has 0 aromatic carbocycles. The van der Waals surface area contributed by atoms with Crippen molar-refractivity contribution in [2.45, 2.75) is 59.0 Å². The Hall–Kier alpha value is -0.0800. The molecular formula is C13H27NO. The van der Waals surface area contributed by atoms with Crippen molar-refractivity contribution in [3.05, 3.63) is 0 Å². The van der Waals surface area contributed by atoms with Crippen LogP contribution in [0.1, 0.15) is 47.0 Å². The Labute approximate surface area is 94.8 Å². The average molecular weight is 213 g/mol. The number of nitrogens with one attached hydrogen (secondary N) is 1. The smallest absolute Gasteiger partial charge is 0.0616 e. The molecule has 0 aromatic rings. The molecule has 1 fully saturated rings. The van der Waals surface area contributed by atoms with Gasteiger partial charge in [-0.25, -0.2) is 0 Å². The van der Waals surface area contributed by atoms with Crippen LogP contribution < -0.4 is 5.32 Å². The van der Waals surface area contributed by atoms with Crippen LogP contribution >= 0.6 is 0 Å². The first-order valence-electron chi connectivity index (χ1n) is 6.52. The lowest BCUT2D eigenvalue weighted by Gasteiger charge is -2.24. The summed E-state index contributed by atoms with van der Waals surface area (Å²) >= 11 is 0. The van der Waals surface area contributed by atoms with Crippen LogP contribution in [0.15, 0.2) is 0 Å². The summed E-state index contributed by atoms with van der Waals surface area (Å²) in [6.07, 6.45) is 4.08. The minimum atomic E-state index is 0.494. The van der Waals surface area contributed by atoms with Crippen molar-refractivity contribution in [2.24, 2.45) is 11.8 Å². The molecule has 2 heteroatoms. The highest BCUT2D eigenvalue weighted by molar-refractivity contribution is 4.87.